The summed E-state index contributed by atoms with van der Waals surface area (Å²) in [5.41, 5.74) is 3.12. The summed E-state index contributed by atoms with van der Waals surface area (Å²) >= 11 is 0. The van der Waals surface area contributed by atoms with E-state index < -0.39 is 10.0 Å². The quantitative estimate of drug-likeness (QED) is 0.514. The van der Waals surface area contributed by atoms with Crippen molar-refractivity contribution in [3.8, 4) is 0 Å². The number of unbranched alkanes of at least 4 members (excludes halogenated alkanes) is 1. The van der Waals surface area contributed by atoms with Crippen molar-refractivity contribution in [1.29, 1.82) is 0 Å². The molecule has 2 rings (SSSR count). The van der Waals surface area contributed by atoms with Crippen LogP contribution in [0, 0.1) is 6.92 Å². The summed E-state index contributed by atoms with van der Waals surface area (Å²) < 4.78 is 26.1. The van der Waals surface area contributed by atoms with Crippen molar-refractivity contribution in [1.82, 2.24) is 4.31 Å². The Kier molecular flexibility index (Phi) is 8.04. The molecule has 0 radical (unpaired) electrons. The minimum Gasteiger partial charge on any atom is -0.383 e. The van der Waals surface area contributed by atoms with Gasteiger partial charge in [0.2, 0.25) is 15.9 Å². The zero-order valence-electron chi connectivity index (χ0n) is 17.5. The molecule has 0 heterocycles. The molecule has 0 aliphatic heterocycles. The molecule has 0 aliphatic carbocycles. The van der Waals surface area contributed by atoms with E-state index in [1.807, 2.05) is 31.2 Å². The summed E-state index contributed by atoms with van der Waals surface area (Å²) in [5.74, 6) is -0.212. The van der Waals surface area contributed by atoms with Crippen LogP contribution in [0.5, 0.6) is 0 Å². The molecule has 2 aromatic rings. The zero-order chi connectivity index (χ0) is 21.4. The van der Waals surface area contributed by atoms with Crippen molar-refractivity contribution in [2.75, 3.05) is 43.1 Å². The van der Waals surface area contributed by atoms with Crippen LogP contribution in [-0.2, 0) is 14.8 Å². The van der Waals surface area contributed by atoms with Gasteiger partial charge >= 0.3 is 0 Å². The number of aryl methyl sites for hydroxylation is 1. The van der Waals surface area contributed by atoms with Crippen molar-refractivity contribution in [3.63, 3.8) is 0 Å². The minimum absolute atomic E-state index is 0.0157. The number of rotatable bonds is 10. The maximum absolute atomic E-state index is 12.5. The summed E-state index contributed by atoms with van der Waals surface area (Å²) in [6.07, 6.45) is 2.03. The van der Waals surface area contributed by atoms with Crippen molar-refractivity contribution >= 4 is 33.0 Å². The Hall–Kier alpha value is -2.58. The van der Waals surface area contributed by atoms with Gasteiger partial charge in [0.25, 0.3) is 0 Å². The first-order valence-corrected chi connectivity index (χ1v) is 11.1. The normalized spacial score (nSPS) is 11.3. The first kappa shape index (κ1) is 22.7. The molecule has 0 unspecified atom stereocenters. The van der Waals surface area contributed by atoms with Gasteiger partial charge in [-0.25, -0.2) is 12.7 Å². The van der Waals surface area contributed by atoms with Crippen molar-refractivity contribution in [2.45, 2.75) is 31.6 Å². The number of anilines is 3. The predicted molar refractivity (Wildman–Crippen MR) is 119 cm³/mol. The molecule has 158 valence electrons. The van der Waals surface area contributed by atoms with Gasteiger partial charge in [-0.15, -0.1) is 0 Å². The molecule has 0 bridgehead atoms. The van der Waals surface area contributed by atoms with Crippen molar-refractivity contribution in [3.05, 3.63) is 48.0 Å². The Bertz CT molecular complexity index is 943. The Labute approximate surface area is 173 Å². The van der Waals surface area contributed by atoms with Crippen LogP contribution < -0.4 is 16.0 Å². The highest BCUT2D eigenvalue weighted by molar-refractivity contribution is 7.89. The fraction of sp³-hybridized carbons (Fsp3) is 0.381. The van der Waals surface area contributed by atoms with E-state index in [0.29, 0.717) is 5.69 Å². The van der Waals surface area contributed by atoms with Gasteiger partial charge < -0.3 is 16.0 Å². The molecule has 1 amide bonds. The van der Waals surface area contributed by atoms with Crippen LogP contribution in [-0.4, -0.2) is 45.8 Å². The van der Waals surface area contributed by atoms with Crippen LogP contribution >= 0.6 is 0 Å². The second kappa shape index (κ2) is 10.3. The van der Waals surface area contributed by atoms with E-state index in [-0.39, 0.29) is 17.3 Å². The summed E-state index contributed by atoms with van der Waals surface area (Å²) in [7, 11) is -0.586. The molecule has 3 N–H and O–H groups in total. The number of carbonyl (C=O) groups is 1. The SMILES string of the molecule is CCCCNc1ccc(S(=O)(=O)N(C)C)cc1NCC(=O)Nc1cccc(C)c1. The number of nitrogens with one attached hydrogen (secondary N) is 3. The predicted octanol–water partition coefficient (Wildman–Crippen LogP) is 3.51. The topological polar surface area (TPSA) is 90.5 Å². The van der Waals surface area contributed by atoms with Gasteiger partial charge in [0.05, 0.1) is 22.8 Å². The number of hydrogen-bond donors (Lipinski definition) is 3. The van der Waals surface area contributed by atoms with E-state index in [0.717, 1.165) is 36.3 Å². The highest BCUT2D eigenvalue weighted by Crippen LogP contribution is 2.27. The number of nitrogens with zero attached hydrogens (tertiary/aromatic N) is 1. The van der Waals surface area contributed by atoms with Crippen LogP contribution in [0.1, 0.15) is 25.3 Å². The Morgan fingerprint density at radius 3 is 2.45 bits per heavy atom. The van der Waals surface area contributed by atoms with E-state index in [1.54, 1.807) is 18.2 Å². The van der Waals surface area contributed by atoms with Gasteiger partial charge in [-0.1, -0.05) is 25.5 Å². The number of benzene rings is 2. The fourth-order valence-electron chi connectivity index (χ4n) is 2.70. The van der Waals surface area contributed by atoms with E-state index in [9.17, 15) is 13.2 Å². The standard InChI is InChI=1S/C21H30N4O3S/c1-5-6-12-22-19-11-10-18(29(27,28)25(3)4)14-20(19)23-15-21(26)24-17-9-7-8-16(2)13-17/h7-11,13-14,22-23H,5-6,12,15H2,1-4H3,(H,24,26). The maximum Gasteiger partial charge on any atom is 0.243 e. The zero-order valence-corrected chi connectivity index (χ0v) is 18.3. The van der Waals surface area contributed by atoms with E-state index >= 15 is 0 Å². The van der Waals surface area contributed by atoms with Crippen LogP contribution in [0.2, 0.25) is 0 Å². The Morgan fingerprint density at radius 2 is 1.79 bits per heavy atom. The second-order valence-corrected chi connectivity index (χ2v) is 9.20. The Morgan fingerprint density at radius 1 is 1.03 bits per heavy atom. The monoisotopic (exact) mass is 418 g/mol. The first-order chi connectivity index (χ1) is 13.7. The van der Waals surface area contributed by atoms with E-state index in [4.69, 9.17) is 0 Å². The molecule has 0 fully saturated rings. The summed E-state index contributed by atoms with van der Waals surface area (Å²) in [6, 6.07) is 12.4. The van der Waals surface area contributed by atoms with Crippen LogP contribution in [0.15, 0.2) is 47.4 Å². The molecule has 8 heteroatoms. The molecule has 0 saturated carbocycles. The lowest BCUT2D eigenvalue weighted by molar-refractivity contribution is -0.114. The number of hydrogen-bond acceptors (Lipinski definition) is 5. The number of carbonyl (C=O) groups excluding carboxylic acids is 1. The molecule has 2 aromatic carbocycles. The van der Waals surface area contributed by atoms with Gasteiger partial charge in [0.15, 0.2) is 0 Å². The fourth-order valence-corrected chi connectivity index (χ4v) is 3.63. The van der Waals surface area contributed by atoms with Gasteiger partial charge in [-0.2, -0.15) is 0 Å². The first-order valence-electron chi connectivity index (χ1n) is 9.65. The van der Waals surface area contributed by atoms with Crippen LogP contribution in [0.4, 0.5) is 17.1 Å². The third kappa shape index (κ3) is 6.47. The molecule has 7 nitrogen and oxygen atoms in total. The lowest BCUT2D eigenvalue weighted by atomic mass is 10.2. The van der Waals surface area contributed by atoms with E-state index in [1.165, 1.54) is 18.4 Å². The summed E-state index contributed by atoms with van der Waals surface area (Å²) in [4.78, 5) is 12.5. The van der Waals surface area contributed by atoms with Gasteiger partial charge in [0.1, 0.15) is 0 Å². The maximum atomic E-state index is 12.5. The smallest absolute Gasteiger partial charge is 0.243 e. The number of amides is 1. The highest BCUT2D eigenvalue weighted by atomic mass is 32.2. The average Bonchev–Trinajstić information content (AvgIpc) is 2.67. The largest absolute Gasteiger partial charge is 0.383 e. The minimum atomic E-state index is -3.57. The Balaban J connectivity index is 2.17. The van der Waals surface area contributed by atoms with Crippen molar-refractivity contribution < 1.29 is 13.2 Å². The van der Waals surface area contributed by atoms with Gasteiger partial charge in [0, 0.05) is 26.3 Å². The third-order valence-electron chi connectivity index (χ3n) is 4.36. The lowest BCUT2D eigenvalue weighted by Crippen LogP contribution is -2.24. The van der Waals surface area contributed by atoms with Crippen LogP contribution in [0.25, 0.3) is 0 Å². The number of sulfonamides is 1. The van der Waals surface area contributed by atoms with Gasteiger partial charge in [-0.3, -0.25) is 4.79 Å². The molecule has 0 aromatic heterocycles. The summed E-state index contributed by atoms with van der Waals surface area (Å²) in [6.45, 7) is 4.84. The third-order valence-corrected chi connectivity index (χ3v) is 6.17. The van der Waals surface area contributed by atoms with Crippen molar-refractivity contribution in [2.24, 2.45) is 0 Å². The van der Waals surface area contributed by atoms with Gasteiger partial charge in [-0.05, 0) is 49.2 Å². The van der Waals surface area contributed by atoms with Crippen LogP contribution in [0.3, 0.4) is 0 Å². The second-order valence-electron chi connectivity index (χ2n) is 7.05. The summed E-state index contributed by atoms with van der Waals surface area (Å²) in [5, 5.41) is 9.21. The molecule has 0 aliphatic rings. The molecular weight excluding hydrogens is 388 g/mol. The lowest BCUT2D eigenvalue weighted by Gasteiger charge is -2.17. The van der Waals surface area contributed by atoms with E-state index in [2.05, 4.69) is 22.9 Å². The molecule has 0 saturated heterocycles. The molecule has 0 spiro atoms. The average molecular weight is 419 g/mol. The molecule has 0 atom stereocenters. The highest BCUT2D eigenvalue weighted by Gasteiger charge is 2.19. The molecular formula is C21H30N4O3S. The molecule has 29 heavy (non-hydrogen) atoms.